The van der Waals surface area contributed by atoms with Crippen molar-refractivity contribution in [3.63, 3.8) is 0 Å². The topological polar surface area (TPSA) is 48.4 Å². The molecule has 1 amide bonds. The molecule has 12 heteroatoms. The minimum atomic E-state index is -4.56. The van der Waals surface area contributed by atoms with Crippen LogP contribution in [0.25, 0.3) is 0 Å². The molecular weight excluding hydrogens is 583 g/mol. The first-order valence-electron chi connectivity index (χ1n) is 12.9. The fraction of sp³-hybridized carbons (Fsp3) is 0.321. The third-order valence-corrected chi connectivity index (χ3v) is 11.3. The van der Waals surface area contributed by atoms with Gasteiger partial charge < -0.3 is 9.64 Å². The van der Waals surface area contributed by atoms with Gasteiger partial charge in [0.2, 0.25) is 0 Å². The molecule has 0 saturated heterocycles. The fourth-order valence-corrected chi connectivity index (χ4v) is 8.84. The third-order valence-electron chi connectivity index (χ3n) is 6.74. The predicted octanol–water partition coefficient (Wildman–Crippen LogP) is 9.21. The number of carbonyl (C=O) groups excluding carboxylic acids is 1. The van der Waals surface area contributed by atoms with Crippen LogP contribution in [0.3, 0.4) is 0 Å². The van der Waals surface area contributed by atoms with Gasteiger partial charge in [0.15, 0.2) is 7.36 Å². The number of carbonyl (C=O) groups is 1. The van der Waals surface area contributed by atoms with E-state index < -0.39 is 25.2 Å². The molecular formula is C28H30Cl2F3N4O2P. The van der Waals surface area contributed by atoms with Crippen molar-refractivity contribution in [3.8, 4) is 5.75 Å². The largest absolute Gasteiger partial charge is 0.425 e. The number of nitrogens with zero attached hydrogens (tertiary/aromatic N) is 4. The minimum absolute atomic E-state index is 0.0913. The van der Waals surface area contributed by atoms with Gasteiger partial charge in [-0.05, 0) is 62.4 Å². The zero-order chi connectivity index (χ0) is 29.2. The molecule has 0 N–H and O–H groups in total. The summed E-state index contributed by atoms with van der Waals surface area (Å²) in [7, 11) is -3.35. The number of rotatable bonds is 8. The Morgan fingerprint density at radius 1 is 0.900 bits per heavy atom. The molecule has 6 nitrogen and oxygen atoms in total. The van der Waals surface area contributed by atoms with Gasteiger partial charge in [-0.3, -0.25) is 0 Å². The summed E-state index contributed by atoms with van der Waals surface area (Å²) in [5, 5.41) is 1.11. The lowest BCUT2D eigenvalue weighted by Crippen LogP contribution is -2.46. The van der Waals surface area contributed by atoms with E-state index >= 15 is 0 Å². The molecule has 0 saturated carbocycles. The van der Waals surface area contributed by atoms with Crippen molar-refractivity contribution >= 4 is 59.0 Å². The van der Waals surface area contributed by atoms with E-state index in [9.17, 15) is 18.0 Å². The number of ether oxygens (including phenoxy) is 1. The van der Waals surface area contributed by atoms with Crippen LogP contribution >= 0.6 is 30.6 Å². The van der Waals surface area contributed by atoms with Crippen LogP contribution in [-0.4, -0.2) is 36.9 Å². The minimum Gasteiger partial charge on any atom is -0.409 e. The second-order valence-corrected chi connectivity index (χ2v) is 12.6. The van der Waals surface area contributed by atoms with E-state index in [-0.39, 0.29) is 10.7 Å². The molecule has 0 aliphatic carbocycles. The number of alkyl halides is 3. The molecule has 40 heavy (non-hydrogen) atoms. The van der Waals surface area contributed by atoms with Crippen LogP contribution in [0.1, 0.15) is 33.3 Å². The molecule has 1 aliphatic rings. The number of fused-ring (bicyclic) bond motifs is 1. The van der Waals surface area contributed by atoms with E-state index in [1.807, 2.05) is 44.5 Å². The highest BCUT2D eigenvalue weighted by atomic mass is 35.5. The number of hydrogen-bond acceptors (Lipinski definition) is 4. The molecule has 1 aliphatic heterocycles. The number of amides is 1. The van der Waals surface area contributed by atoms with Gasteiger partial charge in [0, 0.05) is 37.9 Å². The summed E-state index contributed by atoms with van der Waals surface area (Å²) in [6, 6.07) is 15.2. The lowest BCUT2D eigenvalue weighted by molar-refractivity contribution is -0.137. The van der Waals surface area contributed by atoms with Crippen molar-refractivity contribution in [2.24, 2.45) is 4.74 Å². The number of hydrogen-bond donors (Lipinski definition) is 0. The highest BCUT2D eigenvalue weighted by molar-refractivity contribution is 7.74. The molecule has 4 rings (SSSR count). The average molecular weight is 613 g/mol. The summed E-state index contributed by atoms with van der Waals surface area (Å²) in [6.45, 7) is 10.3. The Morgan fingerprint density at radius 2 is 1.60 bits per heavy atom. The van der Waals surface area contributed by atoms with Gasteiger partial charge in [-0.15, -0.1) is 0 Å². The quantitative estimate of drug-likeness (QED) is 0.238. The van der Waals surface area contributed by atoms with Crippen LogP contribution in [-0.2, 0) is 6.18 Å². The van der Waals surface area contributed by atoms with Gasteiger partial charge in [0.25, 0.3) is 0 Å². The second kappa shape index (κ2) is 12.0. The summed E-state index contributed by atoms with van der Waals surface area (Å²) in [5.41, 5.74) is 0.489. The fourth-order valence-electron chi connectivity index (χ4n) is 4.82. The Bertz CT molecular complexity index is 1460. The van der Waals surface area contributed by atoms with Gasteiger partial charge in [-0.1, -0.05) is 43.1 Å². The van der Waals surface area contributed by atoms with Crippen LogP contribution < -0.4 is 19.6 Å². The van der Waals surface area contributed by atoms with Gasteiger partial charge >= 0.3 is 12.3 Å². The number of halogens is 5. The number of anilines is 2. The predicted molar refractivity (Wildman–Crippen MR) is 158 cm³/mol. The van der Waals surface area contributed by atoms with Gasteiger partial charge in [0.1, 0.15) is 5.75 Å². The van der Waals surface area contributed by atoms with Crippen LogP contribution in [0.4, 0.5) is 35.0 Å². The smallest absolute Gasteiger partial charge is 0.409 e. The lowest BCUT2D eigenvalue weighted by atomic mass is 10.2. The van der Waals surface area contributed by atoms with Crippen LogP contribution in [0, 0.1) is 0 Å². The third kappa shape index (κ3) is 5.57. The second-order valence-electron chi connectivity index (χ2n) is 8.96. The molecule has 0 radical (unpaired) electrons. The molecule has 0 fully saturated rings. The monoisotopic (exact) mass is 612 g/mol. The lowest BCUT2D eigenvalue weighted by Gasteiger charge is -2.45. The van der Waals surface area contributed by atoms with Crippen LogP contribution in [0.5, 0.6) is 5.75 Å². The summed E-state index contributed by atoms with van der Waals surface area (Å²) in [6.07, 6.45) is -5.27. The van der Waals surface area contributed by atoms with E-state index in [0.717, 1.165) is 30.9 Å². The van der Waals surface area contributed by atoms with E-state index in [1.165, 1.54) is 16.8 Å². The molecule has 3 aromatic rings. The number of benzene rings is 3. The molecule has 1 heterocycles. The Labute approximate surface area is 242 Å². The Hall–Kier alpha value is -2.71. The molecule has 1 unspecified atom stereocenters. The normalized spacial score (nSPS) is 17.1. The molecule has 0 aromatic heterocycles. The summed E-state index contributed by atoms with van der Waals surface area (Å²) < 4.78 is 55.5. The first kappa shape index (κ1) is 30.3. The maximum Gasteiger partial charge on any atom is 0.425 e. The van der Waals surface area contributed by atoms with Gasteiger partial charge in [0.05, 0.1) is 32.3 Å². The van der Waals surface area contributed by atoms with Crippen LogP contribution in [0.15, 0.2) is 65.4 Å². The Balaban J connectivity index is 2.13. The molecule has 3 aromatic carbocycles. The molecule has 214 valence electrons. The highest BCUT2D eigenvalue weighted by Gasteiger charge is 2.47. The van der Waals surface area contributed by atoms with E-state index in [1.54, 1.807) is 24.3 Å². The average Bonchev–Trinajstić information content (AvgIpc) is 2.91. The van der Waals surface area contributed by atoms with Crippen molar-refractivity contribution in [2.45, 2.75) is 33.9 Å². The maximum atomic E-state index is 13.9. The van der Waals surface area contributed by atoms with Crippen molar-refractivity contribution < 1.29 is 22.7 Å². The molecule has 0 bridgehead atoms. The molecule has 1 atom stereocenters. The summed E-state index contributed by atoms with van der Waals surface area (Å²) in [5.74, 6) is 0.321. The van der Waals surface area contributed by atoms with Crippen molar-refractivity contribution in [3.05, 3.63) is 76.3 Å². The van der Waals surface area contributed by atoms with E-state index in [0.29, 0.717) is 34.9 Å². The SMILES string of the molecule is CCN(CC)c1ccc2c(c1)OC(=O)N(c1ccc(Cl)c(Cl)c1)P2(=Nc1cccc(C(F)(F)F)c1)N(CC)CC. The maximum absolute atomic E-state index is 13.9. The Morgan fingerprint density at radius 3 is 2.20 bits per heavy atom. The van der Waals surface area contributed by atoms with E-state index in [2.05, 4.69) is 4.90 Å². The van der Waals surface area contributed by atoms with Crippen LogP contribution in [0.2, 0.25) is 10.0 Å². The van der Waals surface area contributed by atoms with Gasteiger partial charge in [-0.25, -0.2) is 18.9 Å². The highest BCUT2D eigenvalue weighted by Crippen LogP contribution is 2.63. The summed E-state index contributed by atoms with van der Waals surface area (Å²) in [4.78, 5) is 16.0. The molecule has 0 spiro atoms. The van der Waals surface area contributed by atoms with Crippen molar-refractivity contribution in [1.29, 1.82) is 0 Å². The zero-order valence-electron chi connectivity index (χ0n) is 22.5. The first-order valence-corrected chi connectivity index (χ1v) is 15.3. The first-order chi connectivity index (χ1) is 19.0. The van der Waals surface area contributed by atoms with Gasteiger partial charge in [-0.2, -0.15) is 13.2 Å². The van der Waals surface area contributed by atoms with Crippen molar-refractivity contribution in [2.75, 3.05) is 35.7 Å². The Kier molecular flexibility index (Phi) is 9.10. The summed E-state index contributed by atoms with van der Waals surface area (Å²) >= 11 is 12.6. The standard InChI is InChI=1S/C28H30Cl2F3N4O2P/c1-5-35(6-2)21-13-15-26-25(18-21)39-27(38)37(22-12-14-23(29)24(30)17-22)40(26,36(7-3)8-4)34-20-11-9-10-19(16-20)28(31,32)33/h9-18H,5-8H2,1-4H3. The zero-order valence-corrected chi connectivity index (χ0v) is 25.0. The van der Waals surface area contributed by atoms with Crippen molar-refractivity contribution in [1.82, 2.24) is 4.67 Å². The van der Waals surface area contributed by atoms with E-state index in [4.69, 9.17) is 32.7 Å².